The van der Waals surface area contributed by atoms with Gasteiger partial charge in [-0.2, -0.15) is 0 Å². The molecule has 0 amide bonds. The Morgan fingerprint density at radius 3 is 2.72 bits per heavy atom. The van der Waals surface area contributed by atoms with Crippen molar-refractivity contribution in [3.63, 3.8) is 0 Å². The number of hydrogen-bond acceptors (Lipinski definition) is 7. The summed E-state index contributed by atoms with van der Waals surface area (Å²) in [5, 5.41) is 40.8. The predicted molar refractivity (Wildman–Crippen MR) is 61.9 cm³/mol. The number of hydrogen-bond donors (Lipinski definition) is 5. The van der Waals surface area contributed by atoms with Crippen molar-refractivity contribution in [3.8, 4) is 0 Å². The molecule has 0 fully saturated rings. The van der Waals surface area contributed by atoms with E-state index in [-0.39, 0.29) is 5.69 Å². The van der Waals surface area contributed by atoms with Gasteiger partial charge in [-0.1, -0.05) is 5.16 Å². The van der Waals surface area contributed by atoms with Crippen LogP contribution in [0.3, 0.4) is 0 Å². The minimum Gasteiger partial charge on any atom is -0.399 e. The highest BCUT2D eigenvalue weighted by Crippen LogP contribution is 2.17. The van der Waals surface area contributed by atoms with Gasteiger partial charge in [0.1, 0.15) is 31.1 Å². The topological polar surface area (TPSA) is 131 Å². The maximum atomic E-state index is 9.75. The molecule has 0 radical (unpaired) electrons. The second-order valence-corrected chi connectivity index (χ2v) is 3.73. The lowest BCUT2D eigenvalue weighted by Gasteiger charge is -2.20. The average molecular weight is 259 g/mol. The molecule has 0 saturated carbocycles. The number of aliphatic hydroxyl groups excluding tert-OH is 4. The average Bonchev–Trinajstić information content (AvgIpc) is 2.86. The molecule has 0 saturated heterocycles. The number of nitrogens with zero attached hydrogens (tertiary/aromatic N) is 2. The molecule has 5 N–H and O–H groups in total. The quantitative estimate of drug-likeness (QED) is 0.313. The molecular formula is C10H17N3O5. The van der Waals surface area contributed by atoms with Crippen molar-refractivity contribution in [2.75, 3.05) is 13.7 Å². The lowest BCUT2D eigenvalue weighted by molar-refractivity contribution is -0.0788. The third-order valence-corrected chi connectivity index (χ3v) is 2.39. The number of rotatable bonds is 6. The highest BCUT2D eigenvalue weighted by Gasteiger charge is 2.27. The Morgan fingerprint density at radius 1 is 1.50 bits per heavy atom. The molecule has 3 unspecified atom stereocenters. The van der Waals surface area contributed by atoms with E-state index in [9.17, 15) is 15.3 Å². The van der Waals surface area contributed by atoms with Crippen LogP contribution in [0.2, 0.25) is 0 Å². The van der Waals surface area contributed by atoms with E-state index in [1.54, 1.807) is 6.92 Å². The van der Waals surface area contributed by atoms with E-state index >= 15 is 0 Å². The molecule has 8 heteroatoms. The molecule has 3 atom stereocenters. The highest BCUT2D eigenvalue weighted by atomic mass is 16.6. The maximum Gasteiger partial charge on any atom is 0.155 e. The highest BCUT2D eigenvalue weighted by molar-refractivity contribution is 5.94. The molecule has 1 aromatic heterocycles. The van der Waals surface area contributed by atoms with E-state index in [4.69, 9.17) is 5.11 Å². The Labute approximate surface area is 104 Å². The van der Waals surface area contributed by atoms with Gasteiger partial charge >= 0.3 is 0 Å². The summed E-state index contributed by atoms with van der Waals surface area (Å²) in [4.78, 5) is 11.2. The van der Waals surface area contributed by atoms with Crippen LogP contribution in [0.1, 0.15) is 24.5 Å². The minimum atomic E-state index is -1.51. The van der Waals surface area contributed by atoms with Crippen LogP contribution in [-0.2, 0) is 4.84 Å². The van der Waals surface area contributed by atoms with Crippen molar-refractivity contribution in [2.24, 2.45) is 5.16 Å². The van der Waals surface area contributed by atoms with Crippen LogP contribution in [0.4, 0.5) is 0 Å². The third-order valence-electron chi connectivity index (χ3n) is 2.39. The molecule has 0 aliphatic carbocycles. The second kappa shape index (κ2) is 6.45. The molecule has 1 rings (SSSR count). The largest absolute Gasteiger partial charge is 0.399 e. The van der Waals surface area contributed by atoms with Crippen molar-refractivity contribution in [1.82, 2.24) is 9.97 Å². The van der Waals surface area contributed by atoms with Crippen LogP contribution < -0.4 is 0 Å². The summed E-state index contributed by atoms with van der Waals surface area (Å²) >= 11 is 0. The Balaban J connectivity index is 2.82. The standard InChI is InChI=1S/C10H17N3O5/c1-5(13-18-2)10-11-3-6(12-10)8(16)9(17)7(15)4-14/h3,7-9,14-17H,4H2,1-2H3,(H,11,12). The van der Waals surface area contributed by atoms with Gasteiger partial charge in [0, 0.05) is 0 Å². The maximum absolute atomic E-state index is 9.75. The minimum absolute atomic E-state index is 0.204. The lowest BCUT2D eigenvalue weighted by Crippen LogP contribution is -2.34. The monoisotopic (exact) mass is 259 g/mol. The predicted octanol–water partition coefficient (Wildman–Crippen LogP) is -1.47. The van der Waals surface area contributed by atoms with Gasteiger partial charge in [-0.05, 0) is 6.92 Å². The zero-order valence-electron chi connectivity index (χ0n) is 10.1. The first kappa shape index (κ1) is 14.6. The molecule has 1 aromatic rings. The Morgan fingerprint density at radius 2 is 2.17 bits per heavy atom. The van der Waals surface area contributed by atoms with Crippen LogP contribution in [0.25, 0.3) is 0 Å². The van der Waals surface area contributed by atoms with Crippen LogP contribution in [0, 0.1) is 0 Å². The molecule has 0 aliphatic heterocycles. The number of aliphatic hydroxyl groups is 4. The van der Waals surface area contributed by atoms with Gasteiger partial charge in [-0.3, -0.25) is 0 Å². The molecule has 102 valence electrons. The van der Waals surface area contributed by atoms with Crippen LogP contribution in [0.15, 0.2) is 11.4 Å². The number of imidazole rings is 1. The first-order valence-electron chi connectivity index (χ1n) is 5.29. The Hall–Kier alpha value is -1.48. The third kappa shape index (κ3) is 3.26. The van der Waals surface area contributed by atoms with Gasteiger partial charge < -0.3 is 30.2 Å². The second-order valence-electron chi connectivity index (χ2n) is 3.73. The van der Waals surface area contributed by atoms with Crippen molar-refractivity contribution < 1.29 is 25.3 Å². The number of nitrogens with one attached hydrogen (secondary N) is 1. The summed E-state index contributed by atoms with van der Waals surface area (Å²) < 4.78 is 0. The number of aromatic nitrogens is 2. The van der Waals surface area contributed by atoms with Crippen LogP contribution in [0.5, 0.6) is 0 Å². The molecule has 0 bridgehead atoms. The fourth-order valence-electron chi connectivity index (χ4n) is 1.35. The van der Waals surface area contributed by atoms with E-state index in [0.29, 0.717) is 11.5 Å². The Kier molecular flexibility index (Phi) is 5.23. The fraction of sp³-hybridized carbons (Fsp3) is 0.600. The normalized spacial score (nSPS) is 17.3. The van der Waals surface area contributed by atoms with E-state index in [2.05, 4.69) is 20.0 Å². The van der Waals surface area contributed by atoms with E-state index in [1.807, 2.05) is 0 Å². The Bertz CT molecular complexity index is 406. The van der Waals surface area contributed by atoms with Crippen molar-refractivity contribution >= 4 is 5.71 Å². The van der Waals surface area contributed by atoms with E-state index in [1.165, 1.54) is 13.3 Å². The molecule has 8 nitrogen and oxygen atoms in total. The lowest BCUT2D eigenvalue weighted by atomic mass is 10.1. The summed E-state index contributed by atoms with van der Waals surface area (Å²) in [6.45, 7) is 1.00. The zero-order chi connectivity index (χ0) is 13.7. The molecule has 0 spiro atoms. The van der Waals surface area contributed by atoms with Gasteiger partial charge in [0.15, 0.2) is 5.82 Å². The van der Waals surface area contributed by atoms with Crippen molar-refractivity contribution in [1.29, 1.82) is 0 Å². The van der Waals surface area contributed by atoms with Crippen molar-refractivity contribution in [3.05, 3.63) is 17.7 Å². The molecule has 1 heterocycles. The SMILES string of the molecule is CON=C(C)c1ncc(C(O)C(O)C(O)CO)[nH]1. The zero-order valence-corrected chi connectivity index (χ0v) is 10.1. The first-order valence-corrected chi connectivity index (χ1v) is 5.29. The van der Waals surface area contributed by atoms with Gasteiger partial charge in [-0.15, -0.1) is 0 Å². The van der Waals surface area contributed by atoms with E-state index in [0.717, 1.165) is 0 Å². The van der Waals surface area contributed by atoms with Gasteiger partial charge in [0.25, 0.3) is 0 Å². The molecule has 0 aliphatic rings. The van der Waals surface area contributed by atoms with Gasteiger partial charge in [0.2, 0.25) is 0 Å². The molecule has 18 heavy (non-hydrogen) atoms. The number of aromatic amines is 1. The summed E-state index contributed by atoms with van der Waals surface area (Å²) in [6, 6.07) is 0. The molecule has 0 aromatic carbocycles. The van der Waals surface area contributed by atoms with Crippen LogP contribution >= 0.6 is 0 Å². The summed E-state index contributed by atoms with van der Waals surface area (Å²) in [5.74, 6) is 0.372. The number of oxime groups is 1. The smallest absolute Gasteiger partial charge is 0.155 e. The van der Waals surface area contributed by atoms with Crippen molar-refractivity contribution in [2.45, 2.75) is 25.2 Å². The molecular weight excluding hydrogens is 242 g/mol. The van der Waals surface area contributed by atoms with Crippen LogP contribution in [-0.4, -0.2) is 62.0 Å². The summed E-state index contributed by atoms with van der Waals surface area (Å²) in [5.41, 5.74) is 0.670. The summed E-state index contributed by atoms with van der Waals surface area (Å²) in [7, 11) is 1.39. The van der Waals surface area contributed by atoms with Gasteiger partial charge in [0.05, 0.1) is 18.5 Å². The fourth-order valence-corrected chi connectivity index (χ4v) is 1.35. The first-order chi connectivity index (χ1) is 8.51. The summed E-state index contributed by atoms with van der Waals surface area (Å²) in [6.07, 6.45) is -3.02. The number of H-pyrrole nitrogens is 1. The van der Waals surface area contributed by atoms with Gasteiger partial charge in [-0.25, -0.2) is 4.98 Å². The van der Waals surface area contributed by atoms with E-state index < -0.39 is 24.9 Å².